The first-order valence-electron chi connectivity index (χ1n) is 7.15. The number of hydrogen-bond donors (Lipinski definition) is 0. The van der Waals surface area contributed by atoms with E-state index in [9.17, 15) is 4.79 Å². The van der Waals surface area contributed by atoms with Gasteiger partial charge in [0, 0.05) is 11.8 Å². The SMILES string of the molecule is Cc1ccc2c(n1)OCCN2C(=O)c1cc(-c2ccco2)on1. The minimum absolute atomic E-state index is 0.213. The summed E-state index contributed by atoms with van der Waals surface area (Å²) in [5.74, 6) is 1.13. The Balaban J connectivity index is 1.66. The molecule has 0 saturated carbocycles. The largest absolute Gasteiger partial charge is 0.474 e. The van der Waals surface area contributed by atoms with E-state index in [4.69, 9.17) is 13.7 Å². The van der Waals surface area contributed by atoms with Crippen LogP contribution >= 0.6 is 0 Å². The molecule has 4 rings (SSSR count). The van der Waals surface area contributed by atoms with Crippen LogP contribution in [0.5, 0.6) is 5.88 Å². The van der Waals surface area contributed by atoms with E-state index in [-0.39, 0.29) is 11.6 Å². The maximum atomic E-state index is 12.7. The minimum atomic E-state index is -0.262. The van der Waals surface area contributed by atoms with Gasteiger partial charge in [-0.05, 0) is 31.2 Å². The van der Waals surface area contributed by atoms with Gasteiger partial charge in [-0.2, -0.15) is 0 Å². The van der Waals surface area contributed by atoms with Gasteiger partial charge in [0.2, 0.25) is 11.6 Å². The first kappa shape index (κ1) is 13.6. The molecule has 0 unspecified atom stereocenters. The van der Waals surface area contributed by atoms with E-state index in [1.54, 1.807) is 23.1 Å². The molecule has 3 aromatic heterocycles. The standard InChI is InChI=1S/C16H13N3O4/c1-10-4-5-12-15(17-10)22-8-6-19(12)16(20)11-9-14(23-18-11)13-3-2-7-21-13/h2-5,7,9H,6,8H2,1H3. The quantitative estimate of drug-likeness (QED) is 0.723. The van der Waals surface area contributed by atoms with E-state index < -0.39 is 0 Å². The lowest BCUT2D eigenvalue weighted by atomic mass is 10.2. The number of pyridine rings is 1. The van der Waals surface area contributed by atoms with Crippen LogP contribution in [0, 0.1) is 6.92 Å². The van der Waals surface area contributed by atoms with Gasteiger partial charge in [-0.3, -0.25) is 9.69 Å². The molecule has 1 amide bonds. The van der Waals surface area contributed by atoms with E-state index >= 15 is 0 Å². The van der Waals surface area contributed by atoms with Crippen molar-refractivity contribution in [3.8, 4) is 17.4 Å². The van der Waals surface area contributed by atoms with Crippen LogP contribution in [-0.4, -0.2) is 29.2 Å². The van der Waals surface area contributed by atoms with Gasteiger partial charge in [0.1, 0.15) is 12.3 Å². The van der Waals surface area contributed by atoms with Crippen molar-refractivity contribution in [2.45, 2.75) is 6.92 Å². The summed E-state index contributed by atoms with van der Waals surface area (Å²) >= 11 is 0. The summed E-state index contributed by atoms with van der Waals surface area (Å²) in [6, 6.07) is 8.71. The lowest BCUT2D eigenvalue weighted by molar-refractivity contribution is 0.0967. The average molecular weight is 311 g/mol. The van der Waals surface area contributed by atoms with E-state index in [2.05, 4.69) is 10.1 Å². The number of furan rings is 1. The highest BCUT2D eigenvalue weighted by atomic mass is 16.5. The number of anilines is 1. The second-order valence-electron chi connectivity index (χ2n) is 5.14. The zero-order chi connectivity index (χ0) is 15.8. The molecule has 0 spiro atoms. The van der Waals surface area contributed by atoms with Gasteiger partial charge in [-0.15, -0.1) is 0 Å². The summed E-state index contributed by atoms with van der Waals surface area (Å²) in [7, 11) is 0. The Morgan fingerprint density at radius 3 is 3.00 bits per heavy atom. The van der Waals surface area contributed by atoms with Crippen molar-refractivity contribution in [2.24, 2.45) is 0 Å². The third kappa shape index (κ3) is 2.36. The first-order valence-corrected chi connectivity index (χ1v) is 7.15. The Morgan fingerprint density at radius 1 is 1.26 bits per heavy atom. The van der Waals surface area contributed by atoms with Crippen molar-refractivity contribution in [1.82, 2.24) is 10.1 Å². The van der Waals surface area contributed by atoms with Crippen LogP contribution in [0.15, 0.2) is 45.5 Å². The molecule has 0 bridgehead atoms. The fourth-order valence-electron chi connectivity index (χ4n) is 2.45. The third-order valence-electron chi connectivity index (χ3n) is 3.56. The van der Waals surface area contributed by atoms with Gasteiger partial charge in [0.05, 0.1) is 12.8 Å². The molecule has 7 nitrogen and oxygen atoms in total. The molecule has 0 N–H and O–H groups in total. The number of rotatable bonds is 2. The summed E-state index contributed by atoms with van der Waals surface area (Å²) in [5, 5.41) is 3.85. The highest BCUT2D eigenvalue weighted by Crippen LogP contribution is 2.31. The van der Waals surface area contributed by atoms with E-state index in [0.29, 0.717) is 36.2 Å². The van der Waals surface area contributed by atoms with Crippen LogP contribution in [0.4, 0.5) is 5.69 Å². The van der Waals surface area contributed by atoms with Crippen LogP contribution < -0.4 is 9.64 Å². The zero-order valence-electron chi connectivity index (χ0n) is 12.4. The van der Waals surface area contributed by atoms with Gasteiger partial charge in [0.25, 0.3) is 5.91 Å². The van der Waals surface area contributed by atoms with E-state index in [1.165, 1.54) is 6.26 Å². The van der Waals surface area contributed by atoms with Gasteiger partial charge >= 0.3 is 0 Å². The van der Waals surface area contributed by atoms with Gasteiger partial charge in [-0.1, -0.05) is 5.16 Å². The Kier molecular flexibility index (Phi) is 3.11. The molecule has 1 aliphatic heterocycles. The molecule has 4 heterocycles. The smallest absolute Gasteiger partial charge is 0.280 e. The molecule has 0 atom stereocenters. The Labute approximate surface area is 131 Å². The fourth-order valence-corrected chi connectivity index (χ4v) is 2.45. The zero-order valence-corrected chi connectivity index (χ0v) is 12.4. The van der Waals surface area contributed by atoms with Crippen LogP contribution in [0.3, 0.4) is 0 Å². The number of carbonyl (C=O) groups excluding carboxylic acids is 1. The van der Waals surface area contributed by atoms with Gasteiger partial charge in [-0.25, -0.2) is 4.98 Å². The lowest BCUT2D eigenvalue weighted by Gasteiger charge is -2.28. The molecule has 0 radical (unpaired) electrons. The number of amides is 1. The van der Waals surface area contributed by atoms with Crippen LogP contribution in [0.2, 0.25) is 0 Å². The second-order valence-corrected chi connectivity index (χ2v) is 5.14. The number of carbonyl (C=O) groups is 1. The first-order chi connectivity index (χ1) is 11.2. The predicted octanol–water partition coefficient (Wildman–Crippen LogP) is 2.68. The molecule has 1 aliphatic rings. The number of aryl methyl sites for hydroxylation is 1. The normalized spacial score (nSPS) is 13.5. The molecule has 23 heavy (non-hydrogen) atoms. The number of hydrogen-bond acceptors (Lipinski definition) is 6. The lowest BCUT2D eigenvalue weighted by Crippen LogP contribution is -2.38. The van der Waals surface area contributed by atoms with Crippen molar-refractivity contribution in [3.63, 3.8) is 0 Å². The monoisotopic (exact) mass is 311 g/mol. The highest BCUT2D eigenvalue weighted by Gasteiger charge is 2.28. The van der Waals surface area contributed by atoms with Crippen LogP contribution in [0.1, 0.15) is 16.2 Å². The maximum absolute atomic E-state index is 12.7. The van der Waals surface area contributed by atoms with Gasteiger partial charge in [0.15, 0.2) is 11.5 Å². The number of nitrogens with zero attached hydrogens (tertiary/aromatic N) is 3. The fraction of sp³-hybridized carbons (Fsp3) is 0.188. The molecule has 3 aromatic rings. The molecule has 0 aromatic carbocycles. The van der Waals surface area contributed by atoms with Crippen molar-refractivity contribution >= 4 is 11.6 Å². The van der Waals surface area contributed by atoms with Crippen molar-refractivity contribution in [3.05, 3.63) is 48.0 Å². The summed E-state index contributed by atoms with van der Waals surface area (Å²) in [6.07, 6.45) is 1.53. The summed E-state index contributed by atoms with van der Waals surface area (Å²) in [5.41, 5.74) is 1.68. The number of ether oxygens (including phenoxy) is 1. The molecule has 0 aliphatic carbocycles. The number of fused-ring (bicyclic) bond motifs is 1. The molecule has 7 heteroatoms. The second kappa shape index (κ2) is 5.28. The van der Waals surface area contributed by atoms with Crippen LogP contribution in [-0.2, 0) is 0 Å². The maximum Gasteiger partial charge on any atom is 0.280 e. The molecule has 116 valence electrons. The van der Waals surface area contributed by atoms with Crippen molar-refractivity contribution in [1.29, 1.82) is 0 Å². The molecular weight excluding hydrogens is 298 g/mol. The summed E-state index contributed by atoms with van der Waals surface area (Å²) in [6.45, 7) is 2.69. The van der Waals surface area contributed by atoms with Crippen molar-refractivity contribution < 1.29 is 18.5 Å². The molecular formula is C16H13N3O4. The Morgan fingerprint density at radius 2 is 2.17 bits per heavy atom. The molecule has 0 saturated heterocycles. The van der Waals surface area contributed by atoms with E-state index in [1.807, 2.05) is 19.1 Å². The summed E-state index contributed by atoms with van der Waals surface area (Å²) < 4.78 is 15.9. The average Bonchev–Trinajstić information content (AvgIpc) is 3.24. The minimum Gasteiger partial charge on any atom is -0.474 e. The summed E-state index contributed by atoms with van der Waals surface area (Å²) in [4.78, 5) is 18.6. The Bertz CT molecular complexity index is 854. The highest BCUT2D eigenvalue weighted by molar-refractivity contribution is 6.06. The van der Waals surface area contributed by atoms with E-state index in [0.717, 1.165) is 5.69 Å². The van der Waals surface area contributed by atoms with Gasteiger partial charge < -0.3 is 13.7 Å². The predicted molar refractivity (Wildman–Crippen MR) is 80.4 cm³/mol. The topological polar surface area (TPSA) is 81.6 Å². The Hall–Kier alpha value is -3.09. The van der Waals surface area contributed by atoms with Crippen molar-refractivity contribution in [2.75, 3.05) is 18.1 Å². The third-order valence-corrected chi connectivity index (χ3v) is 3.56. The number of aromatic nitrogens is 2. The van der Waals surface area contributed by atoms with Crippen LogP contribution in [0.25, 0.3) is 11.5 Å². The molecule has 0 fully saturated rings.